The molecule has 0 aromatic heterocycles. The van der Waals surface area contributed by atoms with E-state index in [9.17, 15) is 10.1 Å². The number of esters is 1. The molecule has 3 rings (SSSR count). The Morgan fingerprint density at radius 1 is 1.48 bits per heavy atom. The van der Waals surface area contributed by atoms with Crippen LogP contribution in [0.4, 0.5) is 0 Å². The molecule has 5 heteroatoms. The zero-order chi connectivity index (χ0) is 18.2. The summed E-state index contributed by atoms with van der Waals surface area (Å²) in [6, 6.07) is 7.67. The summed E-state index contributed by atoms with van der Waals surface area (Å²) in [4.78, 5) is 13.0. The van der Waals surface area contributed by atoms with Crippen molar-refractivity contribution in [3.8, 4) is 6.07 Å². The summed E-state index contributed by atoms with van der Waals surface area (Å²) in [5, 5.41) is 9.27. The number of fused-ring (bicyclic) bond motifs is 1. The van der Waals surface area contributed by atoms with Crippen LogP contribution >= 0.6 is 0 Å². The molecule has 1 aromatic rings. The van der Waals surface area contributed by atoms with Gasteiger partial charge in [0, 0.05) is 12.5 Å². The van der Waals surface area contributed by atoms with Gasteiger partial charge in [-0.15, -0.1) is 0 Å². The summed E-state index contributed by atoms with van der Waals surface area (Å²) in [5.74, 6) is -0.0762. The van der Waals surface area contributed by atoms with Gasteiger partial charge in [0.05, 0.1) is 24.3 Å². The van der Waals surface area contributed by atoms with E-state index in [0.717, 1.165) is 36.8 Å². The molecule has 0 amide bonds. The predicted molar refractivity (Wildman–Crippen MR) is 93.6 cm³/mol. The van der Waals surface area contributed by atoms with Gasteiger partial charge in [-0.25, -0.2) is 4.79 Å². The summed E-state index contributed by atoms with van der Waals surface area (Å²) in [5.41, 5.74) is 7.60. The number of nitrogens with two attached hydrogens (primary N) is 1. The van der Waals surface area contributed by atoms with E-state index in [-0.39, 0.29) is 24.1 Å². The second-order valence-corrected chi connectivity index (χ2v) is 7.46. The van der Waals surface area contributed by atoms with Crippen molar-refractivity contribution < 1.29 is 14.3 Å². The molecule has 0 saturated heterocycles. The Morgan fingerprint density at radius 3 is 2.84 bits per heavy atom. The fourth-order valence-electron chi connectivity index (χ4n) is 4.95. The number of benzene rings is 1. The van der Waals surface area contributed by atoms with Crippen molar-refractivity contribution in [3.63, 3.8) is 0 Å². The lowest BCUT2D eigenvalue weighted by molar-refractivity contribution is -0.159. The first-order valence-electron chi connectivity index (χ1n) is 8.94. The first-order valence-corrected chi connectivity index (χ1v) is 8.94. The smallest absolute Gasteiger partial charge is 0.331 e. The first-order chi connectivity index (χ1) is 11.9. The van der Waals surface area contributed by atoms with Crippen LogP contribution in [0, 0.1) is 22.7 Å². The van der Waals surface area contributed by atoms with E-state index in [2.05, 4.69) is 13.0 Å². The van der Waals surface area contributed by atoms with Gasteiger partial charge in [0.15, 0.2) is 0 Å². The van der Waals surface area contributed by atoms with Crippen LogP contribution in [0.5, 0.6) is 0 Å². The van der Waals surface area contributed by atoms with E-state index in [1.165, 1.54) is 0 Å². The highest BCUT2D eigenvalue weighted by Crippen LogP contribution is 2.58. The Labute approximate surface area is 149 Å². The zero-order valence-corrected chi connectivity index (χ0v) is 15.2. The Morgan fingerprint density at radius 2 is 2.24 bits per heavy atom. The number of hydrogen-bond donors (Lipinski definition) is 1. The molecule has 134 valence electrons. The Balaban J connectivity index is 2.10. The fraction of sp³-hybridized carbons (Fsp3) is 0.600. The van der Waals surface area contributed by atoms with E-state index in [4.69, 9.17) is 15.2 Å². The molecular formula is C20H26N2O3. The number of nitriles is 1. The minimum absolute atomic E-state index is 0.190. The van der Waals surface area contributed by atoms with Crippen molar-refractivity contribution in [1.82, 2.24) is 0 Å². The molecule has 2 aliphatic rings. The molecule has 0 unspecified atom stereocenters. The highest BCUT2D eigenvalue weighted by molar-refractivity contribution is 5.86. The van der Waals surface area contributed by atoms with Gasteiger partial charge < -0.3 is 15.2 Å². The topological polar surface area (TPSA) is 85.3 Å². The standard InChI is InChI=1S/C20H26N2O3/c1-4-25-18(23)20(22)16-9-14(12-21)5-6-15(16)11-19(20)8-7-17(24-3)13(2)10-19/h5-6,9,13,17H,4,7-8,10-11,22H2,1-3H3/t13-,17-,19-,20+/m0/s1. The number of rotatable bonds is 3. The lowest BCUT2D eigenvalue weighted by Crippen LogP contribution is -2.59. The average Bonchev–Trinajstić information content (AvgIpc) is 2.84. The third kappa shape index (κ3) is 2.56. The van der Waals surface area contributed by atoms with E-state index < -0.39 is 5.54 Å². The van der Waals surface area contributed by atoms with E-state index in [1.807, 2.05) is 6.07 Å². The third-order valence-electron chi connectivity index (χ3n) is 6.18. The largest absolute Gasteiger partial charge is 0.464 e. The molecule has 0 aliphatic heterocycles. The molecule has 0 heterocycles. The maximum atomic E-state index is 13.0. The van der Waals surface area contributed by atoms with E-state index in [1.54, 1.807) is 26.2 Å². The van der Waals surface area contributed by atoms with Gasteiger partial charge in [-0.2, -0.15) is 5.26 Å². The molecule has 1 fully saturated rings. The summed E-state index contributed by atoms with van der Waals surface area (Å²) in [7, 11) is 1.74. The van der Waals surface area contributed by atoms with Crippen LogP contribution in [0.15, 0.2) is 18.2 Å². The number of carbonyl (C=O) groups excluding carboxylic acids is 1. The molecule has 1 saturated carbocycles. The fourth-order valence-corrected chi connectivity index (χ4v) is 4.95. The molecule has 1 spiro atoms. The first kappa shape index (κ1) is 17.9. The van der Waals surface area contributed by atoms with Crippen LogP contribution in [0.25, 0.3) is 0 Å². The Hall–Kier alpha value is -1.90. The quantitative estimate of drug-likeness (QED) is 0.854. The summed E-state index contributed by atoms with van der Waals surface area (Å²) in [6.45, 7) is 4.24. The summed E-state index contributed by atoms with van der Waals surface area (Å²) in [6.07, 6.45) is 3.41. The van der Waals surface area contributed by atoms with Gasteiger partial charge in [-0.3, -0.25) is 0 Å². The van der Waals surface area contributed by atoms with Crippen LogP contribution in [0.3, 0.4) is 0 Å². The van der Waals surface area contributed by atoms with Crippen LogP contribution in [-0.4, -0.2) is 25.8 Å². The summed E-state index contributed by atoms with van der Waals surface area (Å²) >= 11 is 0. The van der Waals surface area contributed by atoms with Crippen LogP contribution in [0.1, 0.15) is 49.8 Å². The van der Waals surface area contributed by atoms with Crippen molar-refractivity contribution in [2.75, 3.05) is 13.7 Å². The molecule has 1 aromatic carbocycles. The summed E-state index contributed by atoms with van der Waals surface area (Å²) < 4.78 is 11.0. The molecule has 25 heavy (non-hydrogen) atoms. The molecule has 0 radical (unpaired) electrons. The van der Waals surface area contributed by atoms with Crippen molar-refractivity contribution in [2.45, 2.75) is 51.2 Å². The van der Waals surface area contributed by atoms with Gasteiger partial charge >= 0.3 is 5.97 Å². The molecule has 5 nitrogen and oxygen atoms in total. The molecule has 0 bridgehead atoms. The van der Waals surface area contributed by atoms with Crippen LogP contribution < -0.4 is 5.73 Å². The number of methoxy groups -OCH3 is 1. The molecular weight excluding hydrogens is 316 g/mol. The monoisotopic (exact) mass is 342 g/mol. The SMILES string of the molecule is CCOC(=O)[C@]1(N)c2cc(C#N)ccc2C[C@@]12CC[C@H](OC)[C@@H](C)C2. The van der Waals surface area contributed by atoms with Gasteiger partial charge in [-0.05, 0) is 61.8 Å². The van der Waals surface area contributed by atoms with Crippen molar-refractivity contribution in [1.29, 1.82) is 5.26 Å². The lowest BCUT2D eigenvalue weighted by atomic mass is 9.59. The van der Waals surface area contributed by atoms with Gasteiger partial charge in [0.2, 0.25) is 0 Å². The maximum Gasteiger partial charge on any atom is 0.331 e. The molecule has 4 atom stereocenters. The minimum Gasteiger partial charge on any atom is -0.464 e. The zero-order valence-electron chi connectivity index (χ0n) is 15.2. The maximum absolute atomic E-state index is 13.0. The average molecular weight is 342 g/mol. The third-order valence-corrected chi connectivity index (χ3v) is 6.18. The number of nitrogens with zero attached hydrogens (tertiary/aromatic N) is 1. The van der Waals surface area contributed by atoms with Gasteiger partial charge in [0.1, 0.15) is 5.54 Å². The van der Waals surface area contributed by atoms with Crippen LogP contribution in [0.2, 0.25) is 0 Å². The van der Waals surface area contributed by atoms with Gasteiger partial charge in [0.25, 0.3) is 0 Å². The predicted octanol–water partition coefficient (Wildman–Crippen LogP) is 2.65. The lowest BCUT2D eigenvalue weighted by Gasteiger charge is -2.48. The highest BCUT2D eigenvalue weighted by atomic mass is 16.5. The number of ether oxygens (including phenoxy) is 2. The normalized spacial score (nSPS) is 33.7. The van der Waals surface area contributed by atoms with E-state index >= 15 is 0 Å². The Bertz CT molecular complexity index is 726. The van der Waals surface area contributed by atoms with E-state index in [0.29, 0.717) is 11.5 Å². The minimum atomic E-state index is -1.21. The van der Waals surface area contributed by atoms with Crippen molar-refractivity contribution in [3.05, 3.63) is 34.9 Å². The molecule has 2 aliphatic carbocycles. The molecule has 2 N–H and O–H groups in total. The van der Waals surface area contributed by atoms with Crippen molar-refractivity contribution >= 4 is 5.97 Å². The second-order valence-electron chi connectivity index (χ2n) is 7.46. The highest BCUT2D eigenvalue weighted by Gasteiger charge is 2.62. The second kappa shape index (κ2) is 6.44. The number of hydrogen-bond acceptors (Lipinski definition) is 5. The van der Waals surface area contributed by atoms with Gasteiger partial charge in [-0.1, -0.05) is 13.0 Å². The number of carbonyl (C=O) groups is 1. The Kier molecular flexibility index (Phi) is 4.61. The van der Waals surface area contributed by atoms with Crippen molar-refractivity contribution in [2.24, 2.45) is 17.1 Å². The van der Waals surface area contributed by atoms with Crippen LogP contribution in [-0.2, 0) is 26.2 Å².